The largest absolute Gasteiger partial charge is 0.309 e. The molecule has 0 aromatic carbocycles. The van der Waals surface area contributed by atoms with E-state index in [0.29, 0.717) is 10.9 Å². The highest BCUT2D eigenvalue weighted by atomic mass is 32.2. The lowest BCUT2D eigenvalue weighted by Crippen LogP contribution is -2.32. The Morgan fingerprint density at radius 2 is 2.21 bits per heavy atom. The molecule has 2 N–H and O–H groups in total. The molecule has 1 atom stereocenters. The second-order valence-corrected chi connectivity index (χ2v) is 7.92. The zero-order valence-corrected chi connectivity index (χ0v) is 13.1. The SMILES string of the molecule is CCCC(C)NS(=O)(=O)c1csc(CNC2CC2)c1. The molecule has 1 aromatic heterocycles. The van der Waals surface area contributed by atoms with Crippen molar-refractivity contribution in [2.45, 2.75) is 63.1 Å². The molecule has 1 heterocycles. The highest BCUT2D eigenvalue weighted by Crippen LogP contribution is 2.23. The van der Waals surface area contributed by atoms with Gasteiger partial charge >= 0.3 is 0 Å². The van der Waals surface area contributed by atoms with Crippen LogP contribution in [0.25, 0.3) is 0 Å². The van der Waals surface area contributed by atoms with Crippen molar-refractivity contribution in [3.8, 4) is 0 Å². The first kappa shape index (κ1) is 15.0. The van der Waals surface area contributed by atoms with Crippen LogP contribution in [0.4, 0.5) is 0 Å². The summed E-state index contributed by atoms with van der Waals surface area (Å²) in [6.07, 6.45) is 4.32. The van der Waals surface area contributed by atoms with E-state index >= 15 is 0 Å². The van der Waals surface area contributed by atoms with E-state index in [1.54, 1.807) is 11.4 Å². The van der Waals surface area contributed by atoms with Crippen LogP contribution in [0.5, 0.6) is 0 Å². The average Bonchev–Trinajstić information content (AvgIpc) is 3.02. The summed E-state index contributed by atoms with van der Waals surface area (Å²) in [7, 11) is -3.35. The van der Waals surface area contributed by atoms with Crippen molar-refractivity contribution in [1.29, 1.82) is 0 Å². The summed E-state index contributed by atoms with van der Waals surface area (Å²) in [6.45, 7) is 4.73. The van der Waals surface area contributed by atoms with Gasteiger partial charge in [0.1, 0.15) is 0 Å². The molecule has 108 valence electrons. The van der Waals surface area contributed by atoms with Crippen LogP contribution in [0.1, 0.15) is 44.4 Å². The Balaban J connectivity index is 1.95. The molecular formula is C13H22N2O2S2. The maximum absolute atomic E-state index is 12.2. The highest BCUT2D eigenvalue weighted by molar-refractivity contribution is 7.89. The molecule has 0 bridgehead atoms. The Bertz CT molecular complexity index is 506. The molecule has 1 unspecified atom stereocenters. The van der Waals surface area contributed by atoms with Crippen molar-refractivity contribution < 1.29 is 8.42 Å². The lowest BCUT2D eigenvalue weighted by molar-refractivity contribution is 0.544. The predicted octanol–water partition coefficient (Wildman–Crippen LogP) is 2.47. The van der Waals surface area contributed by atoms with E-state index < -0.39 is 10.0 Å². The molecule has 4 nitrogen and oxygen atoms in total. The minimum atomic E-state index is -3.35. The number of sulfonamides is 1. The Hall–Kier alpha value is -0.430. The van der Waals surface area contributed by atoms with Gasteiger partial charge in [0.2, 0.25) is 10.0 Å². The van der Waals surface area contributed by atoms with Crippen LogP contribution < -0.4 is 10.0 Å². The second-order valence-electron chi connectivity index (χ2n) is 5.21. The average molecular weight is 302 g/mol. The number of hydrogen-bond donors (Lipinski definition) is 2. The third kappa shape index (κ3) is 4.56. The van der Waals surface area contributed by atoms with E-state index in [1.807, 2.05) is 6.92 Å². The summed E-state index contributed by atoms with van der Waals surface area (Å²) in [5, 5.41) is 5.12. The van der Waals surface area contributed by atoms with Crippen molar-refractivity contribution in [1.82, 2.24) is 10.0 Å². The number of hydrogen-bond acceptors (Lipinski definition) is 4. The van der Waals surface area contributed by atoms with Crippen LogP contribution in [0.2, 0.25) is 0 Å². The van der Waals surface area contributed by atoms with Crippen LogP contribution in [-0.2, 0) is 16.6 Å². The van der Waals surface area contributed by atoms with Gasteiger partial charge in [-0.15, -0.1) is 11.3 Å². The lowest BCUT2D eigenvalue weighted by Gasteiger charge is -2.11. The monoisotopic (exact) mass is 302 g/mol. The van der Waals surface area contributed by atoms with Gasteiger partial charge in [0.15, 0.2) is 0 Å². The second kappa shape index (κ2) is 6.35. The van der Waals surface area contributed by atoms with Crippen LogP contribution >= 0.6 is 11.3 Å². The topological polar surface area (TPSA) is 58.2 Å². The summed E-state index contributed by atoms with van der Waals surface area (Å²) < 4.78 is 27.0. The quantitative estimate of drug-likeness (QED) is 0.775. The smallest absolute Gasteiger partial charge is 0.241 e. The zero-order chi connectivity index (χ0) is 13.9. The molecule has 1 aliphatic rings. The summed E-state index contributed by atoms with van der Waals surface area (Å²) in [6, 6.07) is 2.41. The third-order valence-electron chi connectivity index (χ3n) is 3.16. The van der Waals surface area contributed by atoms with Crippen molar-refractivity contribution in [2.24, 2.45) is 0 Å². The van der Waals surface area contributed by atoms with E-state index in [9.17, 15) is 8.42 Å². The normalized spacial score (nSPS) is 17.6. The lowest BCUT2D eigenvalue weighted by atomic mass is 10.2. The minimum Gasteiger partial charge on any atom is -0.309 e. The van der Waals surface area contributed by atoms with Gasteiger partial charge < -0.3 is 5.32 Å². The summed E-state index contributed by atoms with van der Waals surface area (Å²) >= 11 is 1.50. The molecule has 0 amide bonds. The van der Waals surface area contributed by atoms with Gasteiger partial charge in [-0.1, -0.05) is 13.3 Å². The highest BCUT2D eigenvalue weighted by Gasteiger charge is 2.22. The standard InChI is InChI=1S/C13H22N2O2S2/c1-3-4-10(2)15-19(16,17)13-7-12(18-9-13)8-14-11-5-6-11/h7,9-11,14-15H,3-6,8H2,1-2H3. The summed E-state index contributed by atoms with van der Waals surface area (Å²) in [4.78, 5) is 1.48. The van der Waals surface area contributed by atoms with Gasteiger partial charge in [0, 0.05) is 28.9 Å². The maximum atomic E-state index is 12.2. The fourth-order valence-electron chi connectivity index (χ4n) is 1.95. The van der Waals surface area contributed by atoms with Crippen molar-refractivity contribution in [3.63, 3.8) is 0 Å². The third-order valence-corrected chi connectivity index (χ3v) is 5.82. The Morgan fingerprint density at radius 1 is 1.47 bits per heavy atom. The molecule has 1 fully saturated rings. The Morgan fingerprint density at radius 3 is 2.84 bits per heavy atom. The Kier molecular flexibility index (Phi) is 5.00. The first-order valence-electron chi connectivity index (χ1n) is 6.84. The van der Waals surface area contributed by atoms with Crippen molar-refractivity contribution in [2.75, 3.05) is 0 Å². The molecule has 0 aliphatic heterocycles. The molecule has 1 aromatic rings. The predicted molar refractivity (Wildman–Crippen MR) is 78.9 cm³/mol. The molecule has 19 heavy (non-hydrogen) atoms. The van der Waals surface area contributed by atoms with E-state index in [4.69, 9.17) is 0 Å². The zero-order valence-electron chi connectivity index (χ0n) is 11.5. The number of thiophene rings is 1. The van der Waals surface area contributed by atoms with Crippen molar-refractivity contribution >= 4 is 21.4 Å². The molecule has 6 heteroatoms. The van der Waals surface area contributed by atoms with Gasteiger partial charge in [0.25, 0.3) is 0 Å². The molecule has 0 saturated heterocycles. The van der Waals surface area contributed by atoms with Crippen LogP contribution in [0.3, 0.4) is 0 Å². The van der Waals surface area contributed by atoms with Crippen LogP contribution in [0, 0.1) is 0 Å². The summed E-state index contributed by atoms with van der Waals surface area (Å²) in [5.74, 6) is 0. The fraction of sp³-hybridized carbons (Fsp3) is 0.692. The minimum absolute atomic E-state index is 0.0112. The molecule has 1 aliphatic carbocycles. The van der Waals surface area contributed by atoms with Crippen LogP contribution in [0.15, 0.2) is 16.3 Å². The molecular weight excluding hydrogens is 280 g/mol. The van der Waals surface area contributed by atoms with E-state index in [0.717, 1.165) is 24.3 Å². The first-order chi connectivity index (χ1) is 9.01. The molecule has 0 radical (unpaired) electrons. The molecule has 2 rings (SSSR count). The number of rotatable bonds is 8. The van der Waals surface area contributed by atoms with E-state index in [-0.39, 0.29) is 6.04 Å². The summed E-state index contributed by atoms with van der Waals surface area (Å²) in [5.41, 5.74) is 0. The molecule has 1 saturated carbocycles. The van der Waals surface area contributed by atoms with Gasteiger partial charge in [-0.05, 0) is 32.3 Å². The van der Waals surface area contributed by atoms with Gasteiger partial charge in [-0.2, -0.15) is 0 Å². The van der Waals surface area contributed by atoms with E-state index in [2.05, 4.69) is 17.0 Å². The fourth-order valence-corrected chi connectivity index (χ4v) is 4.46. The van der Waals surface area contributed by atoms with Gasteiger partial charge in [-0.3, -0.25) is 0 Å². The molecule has 0 spiro atoms. The maximum Gasteiger partial charge on any atom is 0.241 e. The number of nitrogens with one attached hydrogen (secondary N) is 2. The first-order valence-corrected chi connectivity index (χ1v) is 9.20. The van der Waals surface area contributed by atoms with E-state index in [1.165, 1.54) is 24.2 Å². The van der Waals surface area contributed by atoms with Gasteiger partial charge in [0.05, 0.1) is 4.90 Å². The van der Waals surface area contributed by atoms with Gasteiger partial charge in [-0.25, -0.2) is 13.1 Å². The van der Waals surface area contributed by atoms with Crippen LogP contribution in [-0.4, -0.2) is 20.5 Å². The van der Waals surface area contributed by atoms with Crippen molar-refractivity contribution in [3.05, 3.63) is 16.3 Å². The Labute approximate surface area is 119 Å².